The standard InChI is InChI=1S/C26H26N6O/c1-3-31-25-22(16-28-31)21(15-23(29-25)17-7-5-4-6-8-17)26(33)32-19-9-10-20(32)14-18(13-19)24-11-12-27-30(24)2/h4-8,11-13,15-16,19-20H,3,9-10,14H2,1-2H3. The van der Waals surface area contributed by atoms with E-state index < -0.39 is 0 Å². The molecule has 7 nitrogen and oxygen atoms in total. The van der Waals surface area contributed by atoms with Crippen LogP contribution in [0.5, 0.6) is 0 Å². The summed E-state index contributed by atoms with van der Waals surface area (Å²) in [5.74, 6) is 0.0723. The molecule has 6 rings (SSSR count). The van der Waals surface area contributed by atoms with E-state index in [0.717, 1.165) is 47.2 Å². The molecule has 2 bridgehead atoms. The van der Waals surface area contributed by atoms with Crippen molar-refractivity contribution in [3.05, 3.63) is 72.2 Å². The Balaban J connectivity index is 1.44. The highest BCUT2D eigenvalue weighted by atomic mass is 16.2. The zero-order valence-corrected chi connectivity index (χ0v) is 18.8. The monoisotopic (exact) mass is 438 g/mol. The van der Waals surface area contributed by atoms with Gasteiger partial charge in [0.25, 0.3) is 5.91 Å². The second kappa shape index (κ2) is 7.69. The van der Waals surface area contributed by atoms with Crippen molar-refractivity contribution in [2.45, 2.75) is 44.8 Å². The summed E-state index contributed by atoms with van der Waals surface area (Å²) < 4.78 is 3.78. The minimum atomic E-state index is 0.0723. The lowest BCUT2D eigenvalue weighted by Crippen LogP contribution is -2.43. The fourth-order valence-corrected chi connectivity index (χ4v) is 5.38. The van der Waals surface area contributed by atoms with Crippen LogP contribution in [-0.4, -0.2) is 47.4 Å². The number of hydrogen-bond acceptors (Lipinski definition) is 4. The number of benzene rings is 1. The van der Waals surface area contributed by atoms with Crippen molar-refractivity contribution in [3.63, 3.8) is 0 Å². The number of amides is 1. The quantitative estimate of drug-likeness (QED) is 0.476. The van der Waals surface area contributed by atoms with Gasteiger partial charge >= 0.3 is 0 Å². The smallest absolute Gasteiger partial charge is 0.255 e. The molecule has 1 saturated heterocycles. The van der Waals surface area contributed by atoms with Crippen molar-refractivity contribution in [1.29, 1.82) is 0 Å². The molecule has 1 aromatic carbocycles. The summed E-state index contributed by atoms with van der Waals surface area (Å²) in [5.41, 5.74) is 5.68. The average Bonchev–Trinajstić information content (AvgIpc) is 3.53. The van der Waals surface area contributed by atoms with Gasteiger partial charge in [0.1, 0.15) is 0 Å². The van der Waals surface area contributed by atoms with Crippen LogP contribution in [0.1, 0.15) is 42.2 Å². The molecule has 0 spiro atoms. The van der Waals surface area contributed by atoms with E-state index in [2.05, 4.69) is 27.2 Å². The van der Waals surface area contributed by atoms with Crippen LogP contribution in [0.2, 0.25) is 0 Å². The second-order valence-corrected chi connectivity index (χ2v) is 8.87. The summed E-state index contributed by atoms with van der Waals surface area (Å²) >= 11 is 0. The summed E-state index contributed by atoms with van der Waals surface area (Å²) in [5, 5.41) is 9.66. The lowest BCUT2D eigenvalue weighted by Gasteiger charge is -2.34. The van der Waals surface area contributed by atoms with Crippen molar-refractivity contribution >= 4 is 22.5 Å². The van der Waals surface area contributed by atoms with Gasteiger partial charge in [-0.3, -0.25) is 9.48 Å². The highest BCUT2D eigenvalue weighted by molar-refractivity contribution is 6.07. The van der Waals surface area contributed by atoms with E-state index in [1.54, 1.807) is 6.20 Å². The van der Waals surface area contributed by atoms with Crippen molar-refractivity contribution < 1.29 is 4.79 Å². The summed E-state index contributed by atoms with van der Waals surface area (Å²) in [6.07, 6.45) is 8.75. The first-order valence-corrected chi connectivity index (χ1v) is 11.6. The Morgan fingerprint density at radius 3 is 2.70 bits per heavy atom. The maximum Gasteiger partial charge on any atom is 0.255 e. The zero-order valence-electron chi connectivity index (χ0n) is 18.8. The zero-order chi connectivity index (χ0) is 22.5. The van der Waals surface area contributed by atoms with Crippen LogP contribution < -0.4 is 0 Å². The lowest BCUT2D eigenvalue weighted by atomic mass is 9.97. The number of carbonyl (C=O) groups is 1. The molecule has 0 radical (unpaired) electrons. The molecule has 5 heterocycles. The van der Waals surface area contributed by atoms with E-state index in [1.807, 2.05) is 65.9 Å². The number of pyridine rings is 1. The van der Waals surface area contributed by atoms with E-state index in [-0.39, 0.29) is 18.0 Å². The van der Waals surface area contributed by atoms with Crippen LogP contribution in [0.25, 0.3) is 27.9 Å². The minimum Gasteiger partial charge on any atom is -0.329 e. The summed E-state index contributed by atoms with van der Waals surface area (Å²) in [6, 6.07) is 14.3. The largest absolute Gasteiger partial charge is 0.329 e. The molecule has 2 atom stereocenters. The predicted molar refractivity (Wildman–Crippen MR) is 127 cm³/mol. The Morgan fingerprint density at radius 2 is 1.97 bits per heavy atom. The molecular weight excluding hydrogens is 412 g/mol. The molecule has 33 heavy (non-hydrogen) atoms. The normalized spacial score (nSPS) is 19.8. The van der Waals surface area contributed by atoms with Gasteiger partial charge in [0.2, 0.25) is 0 Å². The van der Waals surface area contributed by atoms with Gasteiger partial charge in [-0.1, -0.05) is 36.4 Å². The lowest BCUT2D eigenvalue weighted by molar-refractivity contribution is 0.0694. The van der Waals surface area contributed by atoms with E-state index in [1.165, 1.54) is 5.57 Å². The average molecular weight is 439 g/mol. The third-order valence-corrected chi connectivity index (χ3v) is 6.99. The molecule has 0 N–H and O–H groups in total. The summed E-state index contributed by atoms with van der Waals surface area (Å²) in [7, 11) is 1.97. The van der Waals surface area contributed by atoms with Crippen LogP contribution in [0.3, 0.4) is 0 Å². The molecule has 166 valence electrons. The van der Waals surface area contributed by atoms with Gasteiger partial charge in [-0.2, -0.15) is 10.2 Å². The number of aryl methyl sites for hydroxylation is 2. The molecule has 4 aromatic rings. The van der Waals surface area contributed by atoms with E-state index in [4.69, 9.17) is 4.98 Å². The minimum absolute atomic E-state index is 0.0723. The van der Waals surface area contributed by atoms with E-state index in [0.29, 0.717) is 12.1 Å². The Kier molecular flexibility index (Phi) is 4.64. The number of hydrogen-bond donors (Lipinski definition) is 0. The van der Waals surface area contributed by atoms with E-state index >= 15 is 0 Å². The third kappa shape index (κ3) is 3.18. The number of carbonyl (C=O) groups excluding carboxylic acids is 1. The first-order valence-electron chi connectivity index (χ1n) is 11.6. The van der Waals surface area contributed by atoms with Gasteiger partial charge in [0, 0.05) is 31.4 Å². The van der Waals surface area contributed by atoms with Gasteiger partial charge in [-0.05, 0) is 43.9 Å². The SMILES string of the molecule is CCn1ncc2c(C(=O)N3C4C=C(c5ccnn5C)CC3CC4)cc(-c3ccccc3)nc21. The molecule has 0 saturated carbocycles. The van der Waals surface area contributed by atoms with Gasteiger partial charge in [-0.15, -0.1) is 0 Å². The van der Waals surface area contributed by atoms with Gasteiger partial charge in [0.15, 0.2) is 5.65 Å². The molecule has 2 aliphatic rings. The highest BCUT2D eigenvalue weighted by Gasteiger charge is 2.41. The summed E-state index contributed by atoms with van der Waals surface area (Å²) in [4.78, 5) is 21.0. The van der Waals surface area contributed by atoms with Crippen molar-refractivity contribution in [2.24, 2.45) is 7.05 Å². The number of rotatable bonds is 4. The second-order valence-electron chi connectivity index (χ2n) is 8.87. The molecule has 2 unspecified atom stereocenters. The maximum absolute atomic E-state index is 14.0. The molecular formula is C26H26N6O. The predicted octanol–water partition coefficient (Wildman–Crippen LogP) is 4.31. The van der Waals surface area contributed by atoms with Gasteiger partial charge in [0.05, 0.1) is 34.6 Å². The first-order chi connectivity index (χ1) is 16.1. The van der Waals surface area contributed by atoms with Gasteiger partial charge < -0.3 is 4.90 Å². The topological polar surface area (TPSA) is 68.8 Å². The Labute approximate surface area is 192 Å². The van der Waals surface area contributed by atoms with Crippen LogP contribution in [0.4, 0.5) is 0 Å². The Morgan fingerprint density at radius 1 is 1.12 bits per heavy atom. The fourth-order valence-electron chi connectivity index (χ4n) is 5.38. The fraction of sp³-hybridized carbons (Fsp3) is 0.308. The third-order valence-electron chi connectivity index (χ3n) is 6.99. The molecule has 2 aliphatic heterocycles. The van der Waals surface area contributed by atoms with Crippen molar-refractivity contribution in [1.82, 2.24) is 29.4 Å². The first kappa shape index (κ1) is 19.9. The number of nitrogens with zero attached hydrogens (tertiary/aromatic N) is 6. The number of aromatic nitrogens is 5. The van der Waals surface area contributed by atoms with Gasteiger partial charge in [-0.25, -0.2) is 9.67 Å². The number of fused-ring (bicyclic) bond motifs is 3. The van der Waals surface area contributed by atoms with Crippen LogP contribution in [0.15, 0.2) is 60.9 Å². The Hall–Kier alpha value is -3.74. The molecule has 0 aliphatic carbocycles. The molecule has 3 aromatic heterocycles. The van der Waals surface area contributed by atoms with Crippen molar-refractivity contribution in [2.75, 3.05) is 0 Å². The Bertz CT molecular complexity index is 1380. The molecule has 7 heteroatoms. The van der Waals surface area contributed by atoms with Crippen LogP contribution >= 0.6 is 0 Å². The maximum atomic E-state index is 14.0. The summed E-state index contributed by atoms with van der Waals surface area (Å²) in [6.45, 7) is 2.74. The molecule has 1 fully saturated rings. The van der Waals surface area contributed by atoms with Crippen LogP contribution in [-0.2, 0) is 13.6 Å². The van der Waals surface area contributed by atoms with Crippen molar-refractivity contribution in [3.8, 4) is 11.3 Å². The van der Waals surface area contributed by atoms with Crippen LogP contribution in [0, 0.1) is 0 Å². The highest BCUT2D eigenvalue weighted by Crippen LogP contribution is 2.40. The molecule has 1 amide bonds. The van der Waals surface area contributed by atoms with E-state index in [9.17, 15) is 4.79 Å².